The average molecular weight is 409 g/mol. The lowest BCUT2D eigenvalue weighted by atomic mass is 9.88. The fourth-order valence-electron chi connectivity index (χ4n) is 3.25. The molecule has 3 rings (SSSR count). The zero-order valence-corrected chi connectivity index (χ0v) is 15.9. The number of aliphatic hydroxyl groups excluding tert-OH is 1. The third-order valence-corrected chi connectivity index (χ3v) is 6.32. The summed E-state index contributed by atoms with van der Waals surface area (Å²) in [4.78, 5) is 24.7. The minimum atomic E-state index is -1.35. The van der Waals surface area contributed by atoms with Crippen molar-refractivity contribution in [3.8, 4) is 0 Å². The predicted octanol–water partition coefficient (Wildman–Crippen LogP) is 4.73. The molecule has 0 aromatic heterocycles. The molecule has 27 heavy (non-hydrogen) atoms. The summed E-state index contributed by atoms with van der Waals surface area (Å²) >= 11 is 7.36. The van der Waals surface area contributed by atoms with Crippen LogP contribution in [0.25, 0.3) is 0 Å². The lowest BCUT2D eigenvalue weighted by Crippen LogP contribution is -2.24. The highest BCUT2D eigenvalue weighted by atomic mass is 35.5. The molecule has 2 atom stereocenters. The van der Waals surface area contributed by atoms with Crippen molar-refractivity contribution in [3.05, 3.63) is 69.5 Å². The molecule has 0 amide bonds. The molecule has 1 aliphatic rings. The van der Waals surface area contributed by atoms with E-state index in [1.54, 1.807) is 0 Å². The second-order valence-corrected chi connectivity index (χ2v) is 8.16. The second-order valence-electron chi connectivity index (χ2n) is 6.37. The lowest BCUT2D eigenvalue weighted by Gasteiger charge is -2.28. The highest BCUT2D eigenvalue weighted by Crippen LogP contribution is 2.38. The topological polar surface area (TPSA) is 74.6 Å². The smallest absolute Gasteiger partial charge is 0.336 e. The Morgan fingerprint density at radius 1 is 1.15 bits per heavy atom. The third kappa shape index (κ3) is 4.18. The van der Waals surface area contributed by atoms with E-state index in [1.165, 1.54) is 36.0 Å². The quantitative estimate of drug-likeness (QED) is 0.700. The number of hydrogen-bond acceptors (Lipinski definition) is 4. The van der Waals surface area contributed by atoms with Gasteiger partial charge in [-0.25, -0.2) is 9.18 Å². The fourth-order valence-corrected chi connectivity index (χ4v) is 4.70. The molecular formula is C20H18ClFO4S. The van der Waals surface area contributed by atoms with E-state index in [-0.39, 0.29) is 27.5 Å². The van der Waals surface area contributed by atoms with Gasteiger partial charge in [-0.1, -0.05) is 18.0 Å². The summed E-state index contributed by atoms with van der Waals surface area (Å²) < 4.78 is 14.7. The second kappa shape index (κ2) is 8.42. The summed E-state index contributed by atoms with van der Waals surface area (Å²) in [5.74, 6) is -1.95. The van der Waals surface area contributed by atoms with Gasteiger partial charge in [-0.15, -0.1) is 0 Å². The molecule has 2 N–H and O–H groups in total. The van der Waals surface area contributed by atoms with Crippen LogP contribution in [0.15, 0.2) is 36.4 Å². The number of aromatic carboxylic acids is 1. The van der Waals surface area contributed by atoms with Crippen LogP contribution in [0.4, 0.5) is 4.39 Å². The van der Waals surface area contributed by atoms with Crippen LogP contribution in [0.2, 0.25) is 5.02 Å². The molecule has 2 aromatic rings. The Morgan fingerprint density at radius 3 is 2.44 bits per heavy atom. The molecule has 0 radical (unpaired) electrons. The Labute approximate surface area is 165 Å². The fraction of sp³-hybridized carbons (Fsp3) is 0.300. The van der Waals surface area contributed by atoms with Crippen LogP contribution in [-0.2, 0) is 0 Å². The van der Waals surface area contributed by atoms with Crippen molar-refractivity contribution in [3.63, 3.8) is 0 Å². The van der Waals surface area contributed by atoms with Crippen LogP contribution in [0.5, 0.6) is 0 Å². The first-order chi connectivity index (χ1) is 12.9. The molecule has 142 valence electrons. The lowest BCUT2D eigenvalue weighted by molar-refractivity contribution is 0.0691. The molecule has 0 spiro atoms. The van der Waals surface area contributed by atoms with Crippen LogP contribution in [0.1, 0.15) is 57.2 Å². The SMILES string of the molecule is O=C(O)c1ccc(F)c(C(O)C2CCCCS2)c1C(=O)c1ccc(Cl)cc1. The standard InChI is InChI=1S/C20H18ClFO4S/c21-12-6-4-11(5-7-12)18(23)16-13(20(25)26)8-9-14(22)17(16)19(24)15-3-1-2-10-27-15/h4-9,15,19,24H,1-3,10H2,(H,25,26). The Morgan fingerprint density at radius 2 is 1.85 bits per heavy atom. The van der Waals surface area contributed by atoms with E-state index in [2.05, 4.69) is 0 Å². The minimum absolute atomic E-state index is 0.178. The van der Waals surface area contributed by atoms with Gasteiger partial charge < -0.3 is 10.2 Å². The molecule has 1 fully saturated rings. The number of carbonyl (C=O) groups is 2. The molecule has 0 aliphatic carbocycles. The first-order valence-electron chi connectivity index (χ1n) is 8.55. The summed E-state index contributed by atoms with van der Waals surface area (Å²) in [6.07, 6.45) is 1.33. The average Bonchev–Trinajstić information content (AvgIpc) is 2.67. The van der Waals surface area contributed by atoms with E-state index >= 15 is 0 Å². The van der Waals surface area contributed by atoms with E-state index in [9.17, 15) is 24.2 Å². The number of carboxylic acid groups (broad SMARTS) is 1. The molecular weight excluding hydrogens is 391 g/mol. The minimum Gasteiger partial charge on any atom is -0.478 e. The summed E-state index contributed by atoms with van der Waals surface area (Å²) in [6, 6.07) is 7.96. The van der Waals surface area contributed by atoms with E-state index in [0.29, 0.717) is 11.4 Å². The molecule has 0 bridgehead atoms. The molecule has 2 unspecified atom stereocenters. The van der Waals surface area contributed by atoms with E-state index in [1.807, 2.05) is 0 Å². The monoisotopic (exact) mass is 408 g/mol. The summed E-state index contributed by atoms with van der Waals surface area (Å²) in [6.45, 7) is 0. The van der Waals surface area contributed by atoms with Gasteiger partial charge in [0.2, 0.25) is 0 Å². The van der Waals surface area contributed by atoms with Crippen LogP contribution < -0.4 is 0 Å². The van der Waals surface area contributed by atoms with Crippen LogP contribution in [-0.4, -0.2) is 33.0 Å². The maximum atomic E-state index is 14.7. The van der Waals surface area contributed by atoms with Crippen molar-refractivity contribution in [2.24, 2.45) is 0 Å². The maximum Gasteiger partial charge on any atom is 0.336 e. The number of thioether (sulfide) groups is 1. The number of halogens is 2. The van der Waals surface area contributed by atoms with Gasteiger partial charge in [0.15, 0.2) is 5.78 Å². The number of hydrogen-bond donors (Lipinski definition) is 2. The summed E-state index contributed by atoms with van der Waals surface area (Å²) in [5.41, 5.74) is -0.693. The summed E-state index contributed by atoms with van der Waals surface area (Å²) in [7, 11) is 0. The largest absolute Gasteiger partial charge is 0.478 e. The number of aliphatic hydroxyl groups is 1. The first-order valence-corrected chi connectivity index (χ1v) is 9.98. The molecule has 1 aliphatic heterocycles. The Kier molecular flexibility index (Phi) is 6.19. The highest BCUT2D eigenvalue weighted by molar-refractivity contribution is 7.99. The zero-order chi connectivity index (χ0) is 19.6. The zero-order valence-electron chi connectivity index (χ0n) is 14.3. The Balaban J connectivity index is 2.14. The van der Waals surface area contributed by atoms with E-state index in [0.717, 1.165) is 30.7 Å². The van der Waals surface area contributed by atoms with E-state index < -0.39 is 23.7 Å². The number of carbonyl (C=O) groups excluding carboxylic acids is 1. The van der Waals surface area contributed by atoms with Crippen molar-refractivity contribution >= 4 is 35.1 Å². The van der Waals surface area contributed by atoms with E-state index in [4.69, 9.17) is 11.6 Å². The van der Waals surface area contributed by atoms with Crippen molar-refractivity contribution in [2.45, 2.75) is 30.6 Å². The van der Waals surface area contributed by atoms with Gasteiger partial charge in [-0.05, 0) is 55.0 Å². The Bertz CT molecular complexity index is 863. The number of ketones is 1. The van der Waals surface area contributed by atoms with Gasteiger partial charge in [0.05, 0.1) is 11.7 Å². The molecule has 0 saturated carbocycles. The van der Waals surface area contributed by atoms with Crippen molar-refractivity contribution in [2.75, 3.05) is 5.75 Å². The number of rotatable bonds is 5. The van der Waals surface area contributed by atoms with Gasteiger partial charge in [-0.3, -0.25) is 4.79 Å². The third-order valence-electron chi connectivity index (χ3n) is 4.62. The highest BCUT2D eigenvalue weighted by Gasteiger charge is 2.33. The van der Waals surface area contributed by atoms with Crippen LogP contribution >= 0.6 is 23.4 Å². The normalized spacial score (nSPS) is 18.1. The van der Waals surface area contributed by atoms with Gasteiger partial charge in [0.1, 0.15) is 5.82 Å². The van der Waals surface area contributed by atoms with Gasteiger partial charge in [0, 0.05) is 27.0 Å². The number of carboxylic acids is 1. The molecule has 1 saturated heterocycles. The van der Waals surface area contributed by atoms with Crippen molar-refractivity contribution < 1.29 is 24.2 Å². The van der Waals surface area contributed by atoms with Crippen LogP contribution in [0, 0.1) is 5.82 Å². The van der Waals surface area contributed by atoms with Crippen molar-refractivity contribution in [1.29, 1.82) is 0 Å². The summed E-state index contributed by atoms with van der Waals surface area (Å²) in [5, 5.41) is 20.5. The maximum absolute atomic E-state index is 14.7. The molecule has 7 heteroatoms. The van der Waals surface area contributed by atoms with Gasteiger partial charge >= 0.3 is 5.97 Å². The Hall–Kier alpha value is -1.89. The molecule has 2 aromatic carbocycles. The van der Waals surface area contributed by atoms with Gasteiger partial charge in [-0.2, -0.15) is 11.8 Å². The molecule has 4 nitrogen and oxygen atoms in total. The van der Waals surface area contributed by atoms with Crippen LogP contribution in [0.3, 0.4) is 0 Å². The molecule has 1 heterocycles. The first kappa shape index (κ1) is 19.9. The number of benzene rings is 2. The van der Waals surface area contributed by atoms with Crippen molar-refractivity contribution in [1.82, 2.24) is 0 Å². The predicted molar refractivity (Wildman–Crippen MR) is 103 cm³/mol. The van der Waals surface area contributed by atoms with Gasteiger partial charge in [0.25, 0.3) is 0 Å².